The van der Waals surface area contributed by atoms with Crippen LogP contribution in [0.3, 0.4) is 0 Å². The number of hydrogen-bond acceptors (Lipinski definition) is 4. The van der Waals surface area contributed by atoms with Crippen LogP contribution in [0.5, 0.6) is 0 Å². The largest absolute Gasteiger partial charge is 0.298 e. The second-order valence-corrected chi connectivity index (χ2v) is 4.76. The molecule has 4 nitrogen and oxygen atoms in total. The van der Waals surface area contributed by atoms with Gasteiger partial charge in [0, 0.05) is 37.8 Å². The molecule has 19 heavy (non-hydrogen) atoms. The number of nitrogens with zero attached hydrogens (tertiary/aromatic N) is 3. The summed E-state index contributed by atoms with van der Waals surface area (Å²) in [5, 5.41) is 8.70. The minimum Gasteiger partial charge on any atom is -0.298 e. The first kappa shape index (κ1) is 15.3. The Bertz CT molecular complexity index is 425. The third kappa shape index (κ3) is 5.62. The average molecular weight is 259 g/mol. The summed E-state index contributed by atoms with van der Waals surface area (Å²) in [7, 11) is 0. The molecule has 102 valence electrons. The van der Waals surface area contributed by atoms with Crippen molar-refractivity contribution in [2.75, 3.05) is 13.1 Å². The topological polar surface area (TPSA) is 57.0 Å². The molecule has 1 aromatic heterocycles. The Morgan fingerprint density at radius 2 is 2.37 bits per heavy atom. The Labute approximate surface area is 115 Å². The lowest BCUT2D eigenvalue weighted by atomic mass is 10.0. The Hall–Kier alpha value is -1.73. The molecule has 0 saturated carbocycles. The van der Waals surface area contributed by atoms with E-state index in [2.05, 4.69) is 11.1 Å². The minimum absolute atomic E-state index is 0.0819. The number of hydrogen-bond donors (Lipinski definition) is 0. The molecule has 0 amide bonds. The van der Waals surface area contributed by atoms with Crippen molar-refractivity contribution in [1.29, 1.82) is 5.26 Å². The maximum atomic E-state index is 12.0. The number of pyridine rings is 1. The average Bonchev–Trinajstić information content (AvgIpc) is 2.44. The summed E-state index contributed by atoms with van der Waals surface area (Å²) in [4.78, 5) is 18.1. The number of nitriles is 1. The van der Waals surface area contributed by atoms with Gasteiger partial charge < -0.3 is 0 Å². The Morgan fingerprint density at radius 3 is 2.95 bits per heavy atom. The van der Waals surface area contributed by atoms with Crippen molar-refractivity contribution in [3.05, 3.63) is 30.1 Å². The number of rotatable bonds is 8. The number of aromatic nitrogens is 1. The first-order valence-corrected chi connectivity index (χ1v) is 6.68. The van der Waals surface area contributed by atoms with Gasteiger partial charge in [-0.15, -0.1) is 0 Å². The molecule has 0 radical (unpaired) electrons. The fourth-order valence-corrected chi connectivity index (χ4v) is 1.78. The van der Waals surface area contributed by atoms with E-state index in [0.717, 1.165) is 12.0 Å². The molecule has 0 aliphatic carbocycles. The Kier molecular flexibility index (Phi) is 6.76. The molecule has 0 spiro atoms. The SMILES string of the molecule is CCC(C)C(=O)CN(CCC#N)Cc1cccnc1. The highest BCUT2D eigenvalue weighted by atomic mass is 16.1. The van der Waals surface area contributed by atoms with Gasteiger partial charge in [-0.05, 0) is 18.1 Å². The lowest BCUT2D eigenvalue weighted by molar-refractivity contribution is -0.123. The van der Waals surface area contributed by atoms with E-state index in [1.165, 1.54) is 0 Å². The van der Waals surface area contributed by atoms with Crippen LogP contribution in [0.1, 0.15) is 32.3 Å². The highest BCUT2D eigenvalue weighted by Gasteiger charge is 2.15. The smallest absolute Gasteiger partial charge is 0.149 e. The first-order chi connectivity index (χ1) is 9.17. The monoisotopic (exact) mass is 259 g/mol. The van der Waals surface area contributed by atoms with Crippen LogP contribution in [0.4, 0.5) is 0 Å². The van der Waals surface area contributed by atoms with Gasteiger partial charge in [-0.3, -0.25) is 14.7 Å². The molecule has 0 aliphatic rings. The number of Topliss-reactive ketones (excluding diaryl/α,β-unsaturated/α-hetero) is 1. The van der Waals surface area contributed by atoms with Gasteiger partial charge in [-0.25, -0.2) is 0 Å². The van der Waals surface area contributed by atoms with Crippen molar-refractivity contribution in [3.63, 3.8) is 0 Å². The fraction of sp³-hybridized carbons (Fsp3) is 0.533. The van der Waals surface area contributed by atoms with Gasteiger partial charge in [-0.2, -0.15) is 5.26 Å². The molecule has 1 aromatic rings. The van der Waals surface area contributed by atoms with Crippen LogP contribution in [0, 0.1) is 17.2 Å². The van der Waals surface area contributed by atoms with E-state index in [0.29, 0.717) is 26.1 Å². The lowest BCUT2D eigenvalue weighted by Crippen LogP contribution is -2.32. The lowest BCUT2D eigenvalue weighted by Gasteiger charge is -2.21. The summed E-state index contributed by atoms with van der Waals surface area (Å²) in [6.45, 7) is 5.66. The van der Waals surface area contributed by atoms with Gasteiger partial charge in [0.25, 0.3) is 0 Å². The Morgan fingerprint density at radius 1 is 1.58 bits per heavy atom. The second-order valence-electron chi connectivity index (χ2n) is 4.76. The van der Waals surface area contributed by atoms with Gasteiger partial charge in [0.1, 0.15) is 5.78 Å². The summed E-state index contributed by atoms with van der Waals surface area (Å²) < 4.78 is 0. The zero-order chi connectivity index (χ0) is 14.1. The second kappa shape index (κ2) is 8.39. The third-order valence-corrected chi connectivity index (χ3v) is 3.21. The van der Waals surface area contributed by atoms with Crippen LogP contribution < -0.4 is 0 Å². The molecule has 1 rings (SSSR count). The zero-order valence-corrected chi connectivity index (χ0v) is 11.7. The maximum absolute atomic E-state index is 12.0. The van der Waals surface area contributed by atoms with Crippen LogP contribution in [0.2, 0.25) is 0 Å². The zero-order valence-electron chi connectivity index (χ0n) is 11.7. The predicted molar refractivity (Wildman–Crippen MR) is 74.2 cm³/mol. The molecule has 0 fully saturated rings. The molecule has 0 N–H and O–H groups in total. The maximum Gasteiger partial charge on any atom is 0.149 e. The van der Waals surface area contributed by atoms with Gasteiger partial charge in [0.2, 0.25) is 0 Å². The molecule has 4 heteroatoms. The first-order valence-electron chi connectivity index (χ1n) is 6.68. The summed E-state index contributed by atoms with van der Waals surface area (Å²) >= 11 is 0. The molecule has 1 heterocycles. The van der Waals surface area contributed by atoms with E-state index in [1.807, 2.05) is 30.9 Å². The molecule has 1 atom stereocenters. The minimum atomic E-state index is 0.0819. The van der Waals surface area contributed by atoms with Crippen molar-refractivity contribution in [3.8, 4) is 6.07 Å². The van der Waals surface area contributed by atoms with Crippen LogP contribution in [-0.2, 0) is 11.3 Å². The van der Waals surface area contributed by atoms with Crippen molar-refractivity contribution >= 4 is 5.78 Å². The van der Waals surface area contributed by atoms with Gasteiger partial charge in [0.05, 0.1) is 12.6 Å². The van der Waals surface area contributed by atoms with E-state index in [9.17, 15) is 4.79 Å². The van der Waals surface area contributed by atoms with Crippen molar-refractivity contribution in [2.45, 2.75) is 33.2 Å². The molecule has 1 unspecified atom stereocenters. The quantitative estimate of drug-likeness (QED) is 0.719. The van der Waals surface area contributed by atoms with Crippen LogP contribution in [0.25, 0.3) is 0 Å². The van der Waals surface area contributed by atoms with Crippen molar-refractivity contribution < 1.29 is 4.79 Å². The summed E-state index contributed by atoms with van der Waals surface area (Å²) in [6.07, 6.45) is 4.83. The van der Waals surface area contributed by atoms with E-state index in [-0.39, 0.29) is 11.7 Å². The third-order valence-electron chi connectivity index (χ3n) is 3.21. The van der Waals surface area contributed by atoms with Crippen molar-refractivity contribution in [1.82, 2.24) is 9.88 Å². The van der Waals surface area contributed by atoms with Gasteiger partial charge >= 0.3 is 0 Å². The van der Waals surface area contributed by atoms with Crippen LogP contribution in [0.15, 0.2) is 24.5 Å². The van der Waals surface area contributed by atoms with Crippen LogP contribution in [-0.4, -0.2) is 28.8 Å². The summed E-state index contributed by atoms with van der Waals surface area (Å²) in [6, 6.07) is 6.00. The molecular weight excluding hydrogens is 238 g/mol. The highest BCUT2D eigenvalue weighted by molar-refractivity contribution is 5.82. The number of carbonyl (C=O) groups is 1. The predicted octanol–water partition coefficient (Wildman–Crippen LogP) is 2.41. The van der Waals surface area contributed by atoms with Gasteiger partial charge in [0.15, 0.2) is 0 Å². The number of ketones is 1. The molecule has 0 saturated heterocycles. The fourth-order valence-electron chi connectivity index (χ4n) is 1.78. The van der Waals surface area contributed by atoms with E-state index in [1.54, 1.807) is 12.4 Å². The molecule has 0 bridgehead atoms. The normalized spacial score (nSPS) is 12.1. The standard InChI is InChI=1S/C15H21N3O/c1-3-13(2)15(19)12-18(9-5-7-16)11-14-6-4-8-17-10-14/h4,6,8,10,13H,3,5,9,11-12H2,1-2H3. The van der Waals surface area contributed by atoms with Crippen LogP contribution >= 0.6 is 0 Å². The van der Waals surface area contributed by atoms with Crippen molar-refractivity contribution in [2.24, 2.45) is 5.92 Å². The van der Waals surface area contributed by atoms with E-state index >= 15 is 0 Å². The summed E-state index contributed by atoms with van der Waals surface area (Å²) in [5.74, 6) is 0.322. The highest BCUT2D eigenvalue weighted by Crippen LogP contribution is 2.08. The van der Waals surface area contributed by atoms with E-state index in [4.69, 9.17) is 5.26 Å². The number of carbonyl (C=O) groups excluding carboxylic acids is 1. The molecular formula is C15H21N3O. The van der Waals surface area contributed by atoms with Gasteiger partial charge in [-0.1, -0.05) is 19.9 Å². The Balaban J connectivity index is 2.62. The summed E-state index contributed by atoms with van der Waals surface area (Å²) in [5.41, 5.74) is 1.07. The molecule has 0 aromatic carbocycles. The molecule has 0 aliphatic heterocycles. The van der Waals surface area contributed by atoms with E-state index < -0.39 is 0 Å².